The molecule has 0 aliphatic heterocycles. The van der Waals surface area contributed by atoms with E-state index < -0.39 is 17.3 Å². The highest BCUT2D eigenvalue weighted by Crippen LogP contribution is 2.29. The van der Waals surface area contributed by atoms with Crippen molar-refractivity contribution in [1.82, 2.24) is 4.90 Å². The summed E-state index contributed by atoms with van der Waals surface area (Å²) in [4.78, 5) is 24.8. The molecular formula is C14H18ClNO3. The maximum Gasteiger partial charge on any atom is 0.318 e. The lowest BCUT2D eigenvalue weighted by Crippen LogP contribution is -2.44. The molecule has 1 N–H and O–H groups in total. The molecule has 1 aromatic rings. The van der Waals surface area contributed by atoms with Crippen LogP contribution in [0.1, 0.15) is 32.4 Å². The molecule has 1 aromatic carbocycles. The van der Waals surface area contributed by atoms with Crippen molar-refractivity contribution in [1.29, 1.82) is 0 Å². The third kappa shape index (κ3) is 3.07. The first kappa shape index (κ1) is 15.5. The SMILES string of the molecule is CC(c1ccccc1Cl)N(C)C(=O)C(C)(C)C(=O)O. The first-order valence-electron chi connectivity index (χ1n) is 5.94. The Hall–Kier alpha value is -1.55. The van der Waals surface area contributed by atoms with Gasteiger partial charge in [-0.2, -0.15) is 0 Å². The van der Waals surface area contributed by atoms with E-state index in [1.807, 2.05) is 25.1 Å². The number of nitrogens with zero attached hydrogens (tertiary/aromatic N) is 1. The molecule has 0 aliphatic rings. The maximum absolute atomic E-state index is 12.2. The first-order valence-corrected chi connectivity index (χ1v) is 6.32. The number of benzene rings is 1. The van der Waals surface area contributed by atoms with E-state index in [4.69, 9.17) is 16.7 Å². The highest BCUT2D eigenvalue weighted by Gasteiger charge is 2.39. The Balaban J connectivity index is 3.01. The quantitative estimate of drug-likeness (QED) is 0.864. The number of hydrogen-bond donors (Lipinski definition) is 1. The number of aliphatic carboxylic acids is 1. The molecule has 1 amide bonds. The van der Waals surface area contributed by atoms with Crippen molar-refractivity contribution in [3.8, 4) is 0 Å². The van der Waals surface area contributed by atoms with Crippen molar-refractivity contribution >= 4 is 23.5 Å². The highest BCUT2D eigenvalue weighted by atomic mass is 35.5. The van der Waals surface area contributed by atoms with Crippen LogP contribution in [0.5, 0.6) is 0 Å². The van der Waals surface area contributed by atoms with Crippen LogP contribution in [0.25, 0.3) is 0 Å². The molecular weight excluding hydrogens is 266 g/mol. The zero-order valence-corrected chi connectivity index (χ0v) is 12.2. The Labute approximate surface area is 118 Å². The lowest BCUT2D eigenvalue weighted by molar-refractivity contribution is -0.158. The van der Waals surface area contributed by atoms with Gasteiger partial charge in [-0.25, -0.2) is 0 Å². The summed E-state index contributed by atoms with van der Waals surface area (Å²) in [7, 11) is 1.58. The molecule has 104 valence electrons. The minimum Gasteiger partial charge on any atom is -0.480 e. The lowest BCUT2D eigenvalue weighted by Gasteiger charge is -2.31. The number of carboxylic acid groups (broad SMARTS) is 1. The van der Waals surface area contributed by atoms with Crippen LogP contribution < -0.4 is 0 Å². The minimum atomic E-state index is -1.45. The molecule has 1 atom stereocenters. The fraction of sp³-hybridized carbons (Fsp3) is 0.429. The Bertz CT molecular complexity index is 499. The Kier molecular flexibility index (Phi) is 4.58. The van der Waals surface area contributed by atoms with Gasteiger partial charge >= 0.3 is 5.97 Å². The van der Waals surface area contributed by atoms with E-state index >= 15 is 0 Å². The van der Waals surface area contributed by atoms with Gasteiger partial charge in [-0.05, 0) is 32.4 Å². The summed E-state index contributed by atoms with van der Waals surface area (Å²) in [6, 6.07) is 6.92. The second kappa shape index (κ2) is 5.61. The molecule has 5 heteroatoms. The summed E-state index contributed by atoms with van der Waals surface area (Å²) >= 11 is 6.09. The van der Waals surface area contributed by atoms with Gasteiger partial charge in [0.25, 0.3) is 0 Å². The Morgan fingerprint density at radius 1 is 1.32 bits per heavy atom. The van der Waals surface area contributed by atoms with Gasteiger partial charge in [0.2, 0.25) is 5.91 Å². The van der Waals surface area contributed by atoms with E-state index in [-0.39, 0.29) is 6.04 Å². The molecule has 1 unspecified atom stereocenters. The van der Waals surface area contributed by atoms with Gasteiger partial charge in [-0.1, -0.05) is 29.8 Å². The number of halogens is 1. The predicted octanol–water partition coefficient (Wildman–Crippen LogP) is 2.97. The molecule has 0 heterocycles. The van der Waals surface area contributed by atoms with E-state index in [2.05, 4.69) is 0 Å². The third-order valence-electron chi connectivity index (χ3n) is 3.33. The number of carbonyl (C=O) groups excluding carboxylic acids is 1. The molecule has 1 rings (SSSR count). The monoisotopic (exact) mass is 283 g/mol. The number of hydrogen-bond acceptors (Lipinski definition) is 2. The zero-order chi connectivity index (χ0) is 14.8. The van der Waals surface area contributed by atoms with Crippen molar-refractivity contribution in [3.63, 3.8) is 0 Å². The molecule has 19 heavy (non-hydrogen) atoms. The van der Waals surface area contributed by atoms with Crippen molar-refractivity contribution in [2.45, 2.75) is 26.8 Å². The van der Waals surface area contributed by atoms with Crippen LogP contribution in [0, 0.1) is 5.41 Å². The second-order valence-corrected chi connectivity index (χ2v) is 5.45. The van der Waals surface area contributed by atoms with E-state index in [1.54, 1.807) is 13.1 Å². The summed E-state index contributed by atoms with van der Waals surface area (Å²) < 4.78 is 0. The van der Waals surface area contributed by atoms with E-state index in [1.165, 1.54) is 18.7 Å². The topological polar surface area (TPSA) is 57.6 Å². The summed E-state index contributed by atoms with van der Waals surface area (Å²) in [6.45, 7) is 4.61. The number of carboxylic acids is 1. The number of rotatable bonds is 4. The molecule has 0 aliphatic carbocycles. The van der Waals surface area contributed by atoms with Crippen LogP contribution in [-0.2, 0) is 9.59 Å². The van der Waals surface area contributed by atoms with E-state index in [9.17, 15) is 9.59 Å². The van der Waals surface area contributed by atoms with Crippen molar-refractivity contribution in [2.24, 2.45) is 5.41 Å². The van der Waals surface area contributed by atoms with Gasteiger partial charge in [0.15, 0.2) is 0 Å². The molecule has 0 spiro atoms. The van der Waals surface area contributed by atoms with E-state index in [0.717, 1.165) is 5.56 Å². The van der Waals surface area contributed by atoms with E-state index in [0.29, 0.717) is 5.02 Å². The average Bonchev–Trinajstić information content (AvgIpc) is 2.36. The van der Waals surface area contributed by atoms with Gasteiger partial charge in [-0.15, -0.1) is 0 Å². The highest BCUT2D eigenvalue weighted by molar-refractivity contribution is 6.31. The van der Waals surface area contributed by atoms with Gasteiger partial charge < -0.3 is 10.0 Å². The van der Waals surface area contributed by atoms with Crippen molar-refractivity contribution in [3.05, 3.63) is 34.9 Å². The molecule has 0 radical (unpaired) electrons. The molecule has 0 bridgehead atoms. The normalized spacial score (nSPS) is 12.9. The van der Waals surface area contributed by atoms with Crippen LogP contribution in [-0.4, -0.2) is 28.9 Å². The fourth-order valence-electron chi connectivity index (χ4n) is 1.73. The van der Waals surface area contributed by atoms with Gasteiger partial charge in [0.1, 0.15) is 5.41 Å². The molecule has 0 aromatic heterocycles. The van der Waals surface area contributed by atoms with Crippen LogP contribution in [0.15, 0.2) is 24.3 Å². The summed E-state index contributed by atoms with van der Waals surface area (Å²) in [5.41, 5.74) is -0.661. The van der Waals surface area contributed by atoms with Crippen LogP contribution >= 0.6 is 11.6 Å². The molecule has 0 saturated heterocycles. The average molecular weight is 284 g/mol. The smallest absolute Gasteiger partial charge is 0.318 e. The standard InChI is InChI=1S/C14H18ClNO3/c1-9(10-7-5-6-8-11(10)15)16(4)12(17)14(2,3)13(18)19/h5-9H,1-4H3,(H,18,19). The van der Waals surface area contributed by atoms with Gasteiger partial charge in [0, 0.05) is 12.1 Å². The Morgan fingerprint density at radius 3 is 2.32 bits per heavy atom. The lowest BCUT2D eigenvalue weighted by atomic mass is 9.91. The second-order valence-electron chi connectivity index (χ2n) is 5.04. The van der Waals surface area contributed by atoms with Crippen molar-refractivity contribution in [2.75, 3.05) is 7.05 Å². The molecule has 0 saturated carbocycles. The van der Waals surface area contributed by atoms with Crippen LogP contribution in [0.3, 0.4) is 0 Å². The van der Waals surface area contributed by atoms with Gasteiger partial charge in [-0.3, -0.25) is 9.59 Å². The van der Waals surface area contributed by atoms with Gasteiger partial charge in [0.05, 0.1) is 6.04 Å². The minimum absolute atomic E-state index is 0.292. The third-order valence-corrected chi connectivity index (χ3v) is 3.67. The predicted molar refractivity (Wildman–Crippen MR) is 74.1 cm³/mol. The van der Waals surface area contributed by atoms with Crippen molar-refractivity contribution < 1.29 is 14.7 Å². The summed E-state index contributed by atoms with van der Waals surface area (Å²) in [5, 5.41) is 9.65. The number of amides is 1. The molecule has 0 fully saturated rings. The summed E-state index contributed by atoms with van der Waals surface area (Å²) in [6.07, 6.45) is 0. The zero-order valence-electron chi connectivity index (χ0n) is 11.5. The fourth-order valence-corrected chi connectivity index (χ4v) is 2.02. The van der Waals surface area contributed by atoms with Crippen LogP contribution in [0.2, 0.25) is 5.02 Å². The van der Waals surface area contributed by atoms with Crippen LogP contribution in [0.4, 0.5) is 0 Å². The molecule has 4 nitrogen and oxygen atoms in total. The Morgan fingerprint density at radius 2 is 1.84 bits per heavy atom. The first-order chi connectivity index (χ1) is 8.69. The maximum atomic E-state index is 12.2. The number of carbonyl (C=O) groups is 2. The summed E-state index contributed by atoms with van der Waals surface area (Å²) in [5.74, 6) is -1.59. The largest absolute Gasteiger partial charge is 0.480 e.